The van der Waals surface area contributed by atoms with Crippen LogP contribution in [0.15, 0.2) is 48.5 Å². The van der Waals surface area contributed by atoms with Crippen LogP contribution in [0.4, 0.5) is 4.39 Å². The minimum Gasteiger partial charge on any atom is -0.497 e. The number of fused-ring (bicyclic) bond motifs is 1. The highest BCUT2D eigenvalue weighted by Crippen LogP contribution is 2.34. The summed E-state index contributed by atoms with van der Waals surface area (Å²) in [7, 11) is 1.57. The summed E-state index contributed by atoms with van der Waals surface area (Å²) in [6.45, 7) is 2.01. The molecule has 2 heterocycles. The summed E-state index contributed by atoms with van der Waals surface area (Å²) in [5, 5.41) is 16.3. The van der Waals surface area contributed by atoms with Crippen LogP contribution in [0.25, 0.3) is 10.9 Å². The number of carbonyl (C=O) groups is 3. The van der Waals surface area contributed by atoms with E-state index in [2.05, 4.69) is 15.6 Å². The highest BCUT2D eigenvalue weighted by Gasteiger charge is 2.39. The van der Waals surface area contributed by atoms with Crippen LogP contribution in [0.1, 0.15) is 48.3 Å². The van der Waals surface area contributed by atoms with Gasteiger partial charge in [-0.15, -0.1) is 0 Å². The molecule has 41 heavy (non-hydrogen) atoms. The Morgan fingerprint density at radius 2 is 1.95 bits per heavy atom. The van der Waals surface area contributed by atoms with Crippen LogP contribution in [0, 0.1) is 11.7 Å². The minimum atomic E-state index is -0.903. The van der Waals surface area contributed by atoms with Crippen molar-refractivity contribution in [3.63, 3.8) is 0 Å². The van der Waals surface area contributed by atoms with Crippen molar-refractivity contribution in [2.75, 3.05) is 26.8 Å². The monoisotopic (exact) mass is 564 g/mol. The van der Waals surface area contributed by atoms with Gasteiger partial charge in [0.05, 0.1) is 37.9 Å². The quantitative estimate of drug-likeness (QED) is 0.345. The number of hydrogen-bond donors (Lipinski definition) is 3. The number of benzene rings is 2. The summed E-state index contributed by atoms with van der Waals surface area (Å²) >= 11 is 0. The minimum absolute atomic E-state index is 0.0285. The number of β-amino-alcohol motifs (C(OH)–C–C–N with tert-alkyl or cyclic N) is 1. The molecule has 2 aromatic carbocycles. The third kappa shape index (κ3) is 6.74. The van der Waals surface area contributed by atoms with E-state index >= 15 is 0 Å². The first kappa shape index (κ1) is 28.3. The summed E-state index contributed by atoms with van der Waals surface area (Å²) in [5.74, 6) is -0.112. The van der Waals surface area contributed by atoms with Gasteiger partial charge >= 0.3 is 0 Å². The summed E-state index contributed by atoms with van der Waals surface area (Å²) < 4.78 is 24.8. The molecule has 10 nitrogen and oxygen atoms in total. The fourth-order valence-electron chi connectivity index (χ4n) is 4.91. The number of aliphatic hydroxyl groups excluding tert-OH is 1. The molecule has 216 valence electrons. The Morgan fingerprint density at radius 1 is 1.15 bits per heavy atom. The average molecular weight is 565 g/mol. The van der Waals surface area contributed by atoms with Gasteiger partial charge in [-0.05, 0) is 62.1 Å². The van der Waals surface area contributed by atoms with Gasteiger partial charge in [0.15, 0.2) is 0 Å². The van der Waals surface area contributed by atoms with E-state index in [1.54, 1.807) is 25.3 Å². The van der Waals surface area contributed by atoms with Crippen LogP contribution in [0.2, 0.25) is 0 Å². The second kappa shape index (κ2) is 12.1. The number of methoxy groups -OCH3 is 1. The van der Waals surface area contributed by atoms with Gasteiger partial charge in [-0.3, -0.25) is 14.4 Å². The average Bonchev–Trinajstić information content (AvgIpc) is 3.72. The van der Waals surface area contributed by atoms with Crippen molar-refractivity contribution in [3.05, 3.63) is 65.6 Å². The van der Waals surface area contributed by atoms with Gasteiger partial charge in [-0.1, -0.05) is 6.07 Å². The number of rotatable bonds is 10. The number of hydrogen-bond acceptors (Lipinski definition) is 7. The van der Waals surface area contributed by atoms with Gasteiger partial charge in [0.1, 0.15) is 29.1 Å². The largest absolute Gasteiger partial charge is 0.497 e. The van der Waals surface area contributed by atoms with Crippen LogP contribution < -0.4 is 20.1 Å². The zero-order chi connectivity index (χ0) is 29.1. The molecule has 3 atom stereocenters. The Morgan fingerprint density at radius 3 is 2.71 bits per heavy atom. The van der Waals surface area contributed by atoms with E-state index in [9.17, 15) is 23.9 Å². The standard InChI is InChI=1S/C30H33FN4O6/c1-17(23-8-7-22(40-2)13-27(23)41-16-18-3-4-18)33-30(39)26-12-21(36)15-35(26)28(37)14-32-29(38)25-9-5-19-11-20(31)6-10-24(19)34-25/h5-11,13,17-18,21,26,36H,3-4,12,14-16H2,1-2H3,(H,32,38)(H,33,39)/t17-,21+,26-/m0/s1. The van der Waals surface area contributed by atoms with Crippen molar-refractivity contribution in [3.8, 4) is 11.5 Å². The molecule has 2 aliphatic rings. The molecule has 3 aromatic rings. The first-order chi connectivity index (χ1) is 19.7. The number of nitrogens with zero attached hydrogens (tertiary/aromatic N) is 2. The smallest absolute Gasteiger partial charge is 0.270 e. The van der Waals surface area contributed by atoms with E-state index in [0.717, 1.165) is 18.4 Å². The molecule has 0 unspecified atom stereocenters. The lowest BCUT2D eigenvalue weighted by atomic mass is 10.1. The molecule has 1 saturated heterocycles. The molecule has 3 N–H and O–H groups in total. The normalized spacial score (nSPS) is 19.1. The van der Waals surface area contributed by atoms with E-state index in [0.29, 0.717) is 34.9 Å². The third-order valence-electron chi connectivity index (χ3n) is 7.40. The predicted molar refractivity (Wildman–Crippen MR) is 148 cm³/mol. The lowest BCUT2D eigenvalue weighted by Crippen LogP contribution is -2.49. The van der Waals surface area contributed by atoms with Crippen molar-refractivity contribution in [1.29, 1.82) is 0 Å². The highest BCUT2D eigenvalue weighted by molar-refractivity contribution is 5.97. The zero-order valence-corrected chi connectivity index (χ0v) is 22.9. The van der Waals surface area contributed by atoms with Crippen molar-refractivity contribution in [2.45, 2.75) is 44.4 Å². The van der Waals surface area contributed by atoms with Crippen LogP contribution in [-0.4, -0.2) is 71.7 Å². The molecule has 0 spiro atoms. The van der Waals surface area contributed by atoms with Gasteiger partial charge in [-0.2, -0.15) is 0 Å². The SMILES string of the molecule is COc1ccc([C@H](C)NC(=O)[C@@H]2C[C@@H](O)CN2C(=O)CNC(=O)c2ccc3cc(F)ccc3n2)c(OCC2CC2)c1. The molecule has 1 aromatic heterocycles. The number of pyridine rings is 1. The summed E-state index contributed by atoms with van der Waals surface area (Å²) in [5.41, 5.74) is 1.28. The fraction of sp³-hybridized carbons (Fsp3) is 0.400. The summed E-state index contributed by atoms with van der Waals surface area (Å²) in [4.78, 5) is 44.5. The number of nitrogens with one attached hydrogen (secondary N) is 2. The number of halogens is 1. The molecule has 1 aliphatic heterocycles. The van der Waals surface area contributed by atoms with Gasteiger partial charge in [0, 0.05) is 30.0 Å². The van der Waals surface area contributed by atoms with E-state index in [1.807, 2.05) is 13.0 Å². The Hall–Kier alpha value is -4.25. The number of likely N-dealkylation sites (tertiary alicyclic amines) is 1. The molecular weight excluding hydrogens is 531 g/mol. The molecule has 2 fully saturated rings. The molecular formula is C30H33FN4O6. The fourth-order valence-corrected chi connectivity index (χ4v) is 4.91. The van der Waals surface area contributed by atoms with Crippen molar-refractivity contribution >= 4 is 28.6 Å². The Balaban J connectivity index is 1.21. The number of carbonyl (C=O) groups excluding carboxylic acids is 3. The predicted octanol–water partition coefficient (Wildman–Crippen LogP) is 2.74. The van der Waals surface area contributed by atoms with E-state index in [1.165, 1.54) is 29.2 Å². The van der Waals surface area contributed by atoms with Crippen LogP contribution in [0.3, 0.4) is 0 Å². The lowest BCUT2D eigenvalue weighted by molar-refractivity contribution is -0.138. The Kier molecular flexibility index (Phi) is 8.34. The number of aromatic nitrogens is 1. The first-order valence-electron chi connectivity index (χ1n) is 13.6. The molecule has 3 amide bonds. The maximum absolute atomic E-state index is 13.4. The Bertz CT molecular complexity index is 1460. The summed E-state index contributed by atoms with van der Waals surface area (Å²) in [6, 6.07) is 11.1. The lowest BCUT2D eigenvalue weighted by Gasteiger charge is -2.26. The second-order valence-electron chi connectivity index (χ2n) is 10.6. The van der Waals surface area contributed by atoms with Crippen molar-refractivity contribution < 1.29 is 33.4 Å². The van der Waals surface area contributed by atoms with E-state index in [-0.39, 0.29) is 25.2 Å². The van der Waals surface area contributed by atoms with E-state index < -0.39 is 41.7 Å². The summed E-state index contributed by atoms with van der Waals surface area (Å²) in [6.07, 6.45) is 1.48. The van der Waals surface area contributed by atoms with Crippen molar-refractivity contribution in [1.82, 2.24) is 20.5 Å². The molecule has 0 radical (unpaired) electrons. The highest BCUT2D eigenvalue weighted by atomic mass is 19.1. The van der Waals surface area contributed by atoms with Gasteiger partial charge in [0.2, 0.25) is 11.8 Å². The van der Waals surface area contributed by atoms with Crippen molar-refractivity contribution in [2.24, 2.45) is 5.92 Å². The Labute approximate surface area is 236 Å². The van der Waals surface area contributed by atoms with Gasteiger partial charge < -0.3 is 30.1 Å². The van der Waals surface area contributed by atoms with Gasteiger partial charge in [-0.25, -0.2) is 9.37 Å². The topological polar surface area (TPSA) is 130 Å². The maximum atomic E-state index is 13.4. The molecule has 11 heteroatoms. The molecule has 1 saturated carbocycles. The van der Waals surface area contributed by atoms with Gasteiger partial charge in [0.25, 0.3) is 5.91 Å². The number of amides is 3. The third-order valence-corrected chi connectivity index (χ3v) is 7.40. The first-order valence-corrected chi connectivity index (χ1v) is 13.6. The van der Waals surface area contributed by atoms with Crippen LogP contribution in [-0.2, 0) is 9.59 Å². The molecule has 0 bridgehead atoms. The van der Waals surface area contributed by atoms with Crippen LogP contribution >= 0.6 is 0 Å². The van der Waals surface area contributed by atoms with E-state index in [4.69, 9.17) is 9.47 Å². The number of ether oxygens (including phenoxy) is 2. The zero-order valence-electron chi connectivity index (χ0n) is 22.9. The molecule has 1 aliphatic carbocycles. The second-order valence-corrected chi connectivity index (χ2v) is 10.6. The number of aliphatic hydroxyl groups is 1. The molecule has 5 rings (SSSR count). The maximum Gasteiger partial charge on any atom is 0.270 e. The van der Waals surface area contributed by atoms with Crippen LogP contribution in [0.5, 0.6) is 11.5 Å².